The van der Waals surface area contributed by atoms with E-state index in [9.17, 15) is 4.79 Å². The highest BCUT2D eigenvalue weighted by Crippen LogP contribution is 2.19. The third-order valence-corrected chi connectivity index (χ3v) is 3.60. The van der Waals surface area contributed by atoms with Gasteiger partial charge in [-0.2, -0.15) is 0 Å². The molecule has 0 unspecified atom stereocenters. The van der Waals surface area contributed by atoms with Crippen LogP contribution in [0.2, 0.25) is 0 Å². The normalized spacial score (nSPS) is 9.75. The molecule has 0 aliphatic rings. The summed E-state index contributed by atoms with van der Waals surface area (Å²) in [7, 11) is 0. The van der Waals surface area contributed by atoms with Crippen LogP contribution in [-0.4, -0.2) is 17.6 Å². The molecule has 2 N–H and O–H groups in total. The summed E-state index contributed by atoms with van der Waals surface area (Å²) in [5.41, 5.74) is 3.02. The Morgan fingerprint density at radius 1 is 1.25 bits per heavy atom. The standard InChI is InChI=1S/C16H15NO2S/c1-11-8-12(2)10-13(9-11)17-16(19)15-6-5-14(20-15)4-3-7-18/h5-6,8-10,18H,7H2,1-2H3,(H,17,19). The number of aryl methyl sites for hydroxylation is 2. The number of rotatable bonds is 2. The molecule has 20 heavy (non-hydrogen) atoms. The van der Waals surface area contributed by atoms with Crippen molar-refractivity contribution >= 4 is 22.9 Å². The molecule has 2 rings (SSSR count). The highest BCUT2D eigenvalue weighted by molar-refractivity contribution is 7.14. The minimum atomic E-state index is -0.179. The number of benzene rings is 1. The Kier molecular flexibility index (Phi) is 4.57. The highest BCUT2D eigenvalue weighted by Gasteiger charge is 2.09. The average Bonchev–Trinajstić information content (AvgIpc) is 2.83. The van der Waals surface area contributed by atoms with Crippen LogP contribution in [0, 0.1) is 25.7 Å². The third kappa shape index (κ3) is 3.70. The van der Waals surface area contributed by atoms with Gasteiger partial charge in [-0.3, -0.25) is 4.79 Å². The molecule has 3 nitrogen and oxygen atoms in total. The predicted molar refractivity (Wildman–Crippen MR) is 82.2 cm³/mol. The van der Waals surface area contributed by atoms with Gasteiger partial charge in [-0.25, -0.2) is 0 Å². The summed E-state index contributed by atoms with van der Waals surface area (Å²) in [5, 5.41) is 11.5. The molecule has 2 aromatic rings. The average molecular weight is 285 g/mol. The van der Waals surface area contributed by atoms with Crippen LogP contribution < -0.4 is 5.32 Å². The van der Waals surface area contributed by atoms with Gasteiger partial charge < -0.3 is 10.4 Å². The van der Waals surface area contributed by atoms with E-state index in [-0.39, 0.29) is 12.5 Å². The molecule has 0 fully saturated rings. The summed E-state index contributed by atoms with van der Waals surface area (Å²) in [4.78, 5) is 13.5. The van der Waals surface area contributed by atoms with Crippen LogP contribution in [0.15, 0.2) is 30.3 Å². The molecular weight excluding hydrogens is 270 g/mol. The van der Waals surface area contributed by atoms with Crippen molar-refractivity contribution in [3.8, 4) is 11.8 Å². The molecule has 1 heterocycles. The lowest BCUT2D eigenvalue weighted by Gasteiger charge is -2.06. The van der Waals surface area contributed by atoms with E-state index in [4.69, 9.17) is 5.11 Å². The predicted octanol–water partition coefficient (Wildman–Crippen LogP) is 2.96. The number of anilines is 1. The topological polar surface area (TPSA) is 49.3 Å². The maximum Gasteiger partial charge on any atom is 0.265 e. The lowest BCUT2D eigenvalue weighted by atomic mass is 10.1. The quantitative estimate of drug-likeness (QED) is 0.833. The lowest BCUT2D eigenvalue weighted by molar-refractivity contribution is 0.103. The van der Waals surface area contributed by atoms with E-state index in [1.807, 2.05) is 26.0 Å². The highest BCUT2D eigenvalue weighted by atomic mass is 32.1. The van der Waals surface area contributed by atoms with Crippen molar-refractivity contribution in [2.75, 3.05) is 11.9 Å². The Balaban J connectivity index is 2.13. The maximum atomic E-state index is 12.1. The zero-order valence-corrected chi connectivity index (χ0v) is 12.2. The molecule has 0 spiro atoms. The van der Waals surface area contributed by atoms with Gasteiger partial charge in [-0.05, 0) is 49.2 Å². The third-order valence-electron chi connectivity index (χ3n) is 2.60. The molecule has 102 valence electrons. The second kappa shape index (κ2) is 6.38. The van der Waals surface area contributed by atoms with E-state index in [1.165, 1.54) is 11.3 Å². The summed E-state index contributed by atoms with van der Waals surface area (Å²) in [6, 6.07) is 9.45. The maximum absolute atomic E-state index is 12.1. The molecule has 0 radical (unpaired) electrons. The summed E-state index contributed by atoms with van der Waals surface area (Å²) in [5.74, 6) is 5.21. The number of aliphatic hydroxyl groups is 1. The smallest absolute Gasteiger partial charge is 0.265 e. The van der Waals surface area contributed by atoms with Crippen molar-refractivity contribution < 1.29 is 9.90 Å². The van der Waals surface area contributed by atoms with Crippen molar-refractivity contribution in [3.63, 3.8) is 0 Å². The molecule has 0 aliphatic carbocycles. The molecule has 4 heteroatoms. The monoisotopic (exact) mass is 285 g/mol. The molecule has 0 saturated carbocycles. The van der Waals surface area contributed by atoms with Gasteiger partial charge in [-0.1, -0.05) is 17.9 Å². The summed E-state index contributed by atoms with van der Waals surface area (Å²) in [6.07, 6.45) is 0. The number of carbonyl (C=O) groups excluding carboxylic acids is 1. The van der Waals surface area contributed by atoms with Crippen LogP contribution in [0.25, 0.3) is 0 Å². The Morgan fingerprint density at radius 2 is 1.95 bits per heavy atom. The largest absolute Gasteiger partial charge is 0.384 e. The Bertz CT molecular complexity index is 672. The lowest BCUT2D eigenvalue weighted by Crippen LogP contribution is -2.10. The molecular formula is C16H15NO2S. The van der Waals surface area contributed by atoms with E-state index >= 15 is 0 Å². The van der Waals surface area contributed by atoms with Crippen molar-refractivity contribution in [1.82, 2.24) is 0 Å². The van der Waals surface area contributed by atoms with Gasteiger partial charge in [0, 0.05) is 5.69 Å². The van der Waals surface area contributed by atoms with Crippen LogP contribution in [0.4, 0.5) is 5.69 Å². The van der Waals surface area contributed by atoms with Gasteiger partial charge in [-0.15, -0.1) is 11.3 Å². The second-order valence-electron chi connectivity index (χ2n) is 4.45. The van der Waals surface area contributed by atoms with Crippen molar-refractivity contribution in [1.29, 1.82) is 0 Å². The number of aliphatic hydroxyl groups excluding tert-OH is 1. The van der Waals surface area contributed by atoms with Gasteiger partial charge in [0.1, 0.15) is 6.61 Å². The number of hydrogen-bond acceptors (Lipinski definition) is 3. The second-order valence-corrected chi connectivity index (χ2v) is 5.54. The Morgan fingerprint density at radius 3 is 2.60 bits per heavy atom. The molecule has 1 amide bonds. The Labute approximate surface area is 122 Å². The van der Waals surface area contributed by atoms with Crippen LogP contribution in [0.1, 0.15) is 25.7 Å². The van der Waals surface area contributed by atoms with Crippen molar-refractivity contribution in [2.45, 2.75) is 13.8 Å². The Hall–Kier alpha value is -2.09. The number of carbonyl (C=O) groups is 1. The SMILES string of the molecule is Cc1cc(C)cc(NC(=O)c2ccc(C#CCO)s2)c1. The molecule has 0 aliphatic heterocycles. The van der Waals surface area contributed by atoms with Crippen LogP contribution in [0.5, 0.6) is 0 Å². The number of thiophene rings is 1. The van der Waals surface area contributed by atoms with Crippen molar-refractivity contribution in [2.24, 2.45) is 0 Å². The fourth-order valence-electron chi connectivity index (χ4n) is 1.89. The fraction of sp³-hybridized carbons (Fsp3) is 0.188. The van der Waals surface area contributed by atoms with E-state index in [0.29, 0.717) is 4.88 Å². The number of hydrogen-bond donors (Lipinski definition) is 2. The first kappa shape index (κ1) is 14.3. The minimum Gasteiger partial charge on any atom is -0.384 e. The van der Waals surface area contributed by atoms with Crippen molar-refractivity contribution in [3.05, 3.63) is 51.2 Å². The number of amides is 1. The van der Waals surface area contributed by atoms with Crippen LogP contribution in [0.3, 0.4) is 0 Å². The molecule has 0 atom stereocenters. The molecule has 1 aromatic heterocycles. The van der Waals surface area contributed by atoms with Gasteiger partial charge >= 0.3 is 0 Å². The van der Waals surface area contributed by atoms with Crippen LogP contribution >= 0.6 is 11.3 Å². The van der Waals surface area contributed by atoms with Gasteiger partial charge in [0.15, 0.2) is 0 Å². The molecule has 0 saturated heterocycles. The summed E-state index contributed by atoms with van der Waals surface area (Å²) < 4.78 is 0. The first-order chi connectivity index (χ1) is 9.58. The van der Waals surface area contributed by atoms with E-state index < -0.39 is 0 Å². The van der Waals surface area contributed by atoms with E-state index in [2.05, 4.69) is 23.2 Å². The van der Waals surface area contributed by atoms with Crippen LogP contribution in [-0.2, 0) is 0 Å². The number of nitrogens with one attached hydrogen (secondary N) is 1. The minimum absolute atomic E-state index is 0.142. The van der Waals surface area contributed by atoms with Gasteiger partial charge in [0.2, 0.25) is 0 Å². The first-order valence-corrected chi connectivity index (χ1v) is 6.99. The summed E-state index contributed by atoms with van der Waals surface area (Å²) >= 11 is 1.31. The first-order valence-electron chi connectivity index (χ1n) is 6.17. The van der Waals surface area contributed by atoms with E-state index in [0.717, 1.165) is 21.7 Å². The van der Waals surface area contributed by atoms with Gasteiger partial charge in [0.05, 0.1) is 9.75 Å². The molecule has 0 bridgehead atoms. The van der Waals surface area contributed by atoms with E-state index in [1.54, 1.807) is 12.1 Å². The summed E-state index contributed by atoms with van der Waals surface area (Å²) in [6.45, 7) is 3.81. The molecule has 1 aromatic carbocycles. The zero-order chi connectivity index (χ0) is 14.5. The fourth-order valence-corrected chi connectivity index (χ4v) is 2.67. The zero-order valence-electron chi connectivity index (χ0n) is 11.4. The van der Waals surface area contributed by atoms with Gasteiger partial charge in [0.25, 0.3) is 5.91 Å².